The summed E-state index contributed by atoms with van der Waals surface area (Å²) in [5.74, 6) is -0.204. The van der Waals surface area contributed by atoms with E-state index < -0.39 is 0 Å². The van der Waals surface area contributed by atoms with E-state index in [4.69, 9.17) is 5.73 Å². The number of nitrogens with zero attached hydrogens (tertiary/aromatic N) is 2. The van der Waals surface area contributed by atoms with Gasteiger partial charge in [-0.05, 0) is 18.9 Å². The fourth-order valence-electron chi connectivity index (χ4n) is 1.98. The third-order valence-corrected chi connectivity index (χ3v) is 3.02. The molecule has 2 N–H and O–H groups in total. The minimum atomic E-state index is -0.334. The van der Waals surface area contributed by atoms with Gasteiger partial charge in [-0.3, -0.25) is 14.6 Å². The third kappa shape index (κ3) is 5.06. The second-order valence-corrected chi connectivity index (χ2v) is 5.37. The van der Waals surface area contributed by atoms with Crippen LogP contribution in [0, 0.1) is 12.8 Å². The Bertz CT molecular complexity index is 515. The molecule has 6 nitrogen and oxygen atoms in total. The van der Waals surface area contributed by atoms with Crippen molar-refractivity contribution in [1.82, 2.24) is 9.88 Å². The minimum Gasteiger partial charge on any atom is -0.469 e. The van der Waals surface area contributed by atoms with Gasteiger partial charge in [0, 0.05) is 13.1 Å². The first-order valence-corrected chi connectivity index (χ1v) is 6.93. The number of hydrogen-bond acceptors (Lipinski definition) is 5. The van der Waals surface area contributed by atoms with Crippen LogP contribution in [-0.4, -0.2) is 42.0 Å². The van der Waals surface area contributed by atoms with E-state index in [1.807, 2.05) is 13.8 Å². The van der Waals surface area contributed by atoms with Crippen LogP contribution in [0.5, 0.6) is 0 Å². The van der Waals surface area contributed by atoms with Crippen molar-refractivity contribution >= 4 is 17.6 Å². The van der Waals surface area contributed by atoms with Gasteiger partial charge in [-0.15, -0.1) is 0 Å². The molecule has 0 saturated carbocycles. The first-order valence-electron chi connectivity index (χ1n) is 6.93. The lowest BCUT2D eigenvalue weighted by molar-refractivity contribution is -0.140. The SMILES string of the molecule is COC(=O)CCN(CC(C)C)C(=O)c1cc(N)cnc1C. The van der Waals surface area contributed by atoms with Crippen molar-refractivity contribution in [3.05, 3.63) is 23.5 Å². The normalized spacial score (nSPS) is 10.5. The van der Waals surface area contributed by atoms with E-state index in [0.717, 1.165) is 0 Å². The highest BCUT2D eigenvalue weighted by molar-refractivity contribution is 5.96. The van der Waals surface area contributed by atoms with Gasteiger partial charge in [-0.2, -0.15) is 0 Å². The highest BCUT2D eigenvalue weighted by Crippen LogP contribution is 2.14. The number of pyridine rings is 1. The van der Waals surface area contributed by atoms with Crippen LogP contribution >= 0.6 is 0 Å². The van der Waals surface area contributed by atoms with Crippen molar-refractivity contribution in [2.75, 3.05) is 25.9 Å². The van der Waals surface area contributed by atoms with E-state index in [9.17, 15) is 9.59 Å². The lowest BCUT2D eigenvalue weighted by atomic mass is 10.1. The number of amides is 1. The van der Waals surface area contributed by atoms with Gasteiger partial charge in [-0.1, -0.05) is 13.8 Å². The summed E-state index contributed by atoms with van der Waals surface area (Å²) in [7, 11) is 1.34. The number of aromatic nitrogens is 1. The lowest BCUT2D eigenvalue weighted by Crippen LogP contribution is -2.36. The number of carbonyl (C=O) groups is 2. The summed E-state index contributed by atoms with van der Waals surface area (Å²) in [6.07, 6.45) is 1.69. The summed E-state index contributed by atoms with van der Waals surface area (Å²) in [6.45, 7) is 6.67. The summed E-state index contributed by atoms with van der Waals surface area (Å²) in [5.41, 5.74) is 7.25. The zero-order chi connectivity index (χ0) is 16.0. The largest absolute Gasteiger partial charge is 0.469 e. The van der Waals surface area contributed by atoms with Crippen LogP contribution in [0.4, 0.5) is 5.69 Å². The molecule has 1 rings (SSSR count). The van der Waals surface area contributed by atoms with E-state index in [-0.39, 0.29) is 18.3 Å². The van der Waals surface area contributed by atoms with Crippen molar-refractivity contribution in [2.24, 2.45) is 5.92 Å². The third-order valence-electron chi connectivity index (χ3n) is 3.02. The van der Waals surface area contributed by atoms with Gasteiger partial charge in [0.15, 0.2) is 0 Å². The number of hydrogen-bond donors (Lipinski definition) is 1. The molecule has 1 aromatic rings. The predicted octanol–water partition coefficient (Wildman–Crippen LogP) is 1.63. The Balaban J connectivity index is 2.93. The Morgan fingerprint density at radius 3 is 2.67 bits per heavy atom. The van der Waals surface area contributed by atoms with E-state index in [0.29, 0.717) is 36.0 Å². The molecule has 0 fully saturated rings. The van der Waals surface area contributed by atoms with Crippen molar-refractivity contribution in [2.45, 2.75) is 27.2 Å². The van der Waals surface area contributed by atoms with Crippen LogP contribution in [-0.2, 0) is 9.53 Å². The molecule has 1 aromatic heterocycles. The molecule has 21 heavy (non-hydrogen) atoms. The monoisotopic (exact) mass is 293 g/mol. The van der Waals surface area contributed by atoms with Gasteiger partial charge in [0.25, 0.3) is 5.91 Å². The molecular weight excluding hydrogens is 270 g/mol. The highest BCUT2D eigenvalue weighted by Gasteiger charge is 2.20. The number of nitrogens with two attached hydrogens (primary N) is 1. The molecule has 0 aliphatic rings. The first kappa shape index (κ1) is 16.9. The van der Waals surface area contributed by atoms with Gasteiger partial charge in [0.2, 0.25) is 0 Å². The number of carbonyl (C=O) groups excluding carboxylic acids is 2. The van der Waals surface area contributed by atoms with Gasteiger partial charge in [0.05, 0.1) is 36.7 Å². The predicted molar refractivity (Wildman–Crippen MR) is 80.8 cm³/mol. The summed E-state index contributed by atoms with van der Waals surface area (Å²) in [6, 6.07) is 1.62. The first-order chi connectivity index (χ1) is 9.85. The van der Waals surface area contributed by atoms with Gasteiger partial charge >= 0.3 is 5.97 Å². The average Bonchev–Trinajstić information content (AvgIpc) is 2.44. The molecule has 6 heteroatoms. The molecule has 0 aliphatic heterocycles. The number of ether oxygens (including phenoxy) is 1. The molecule has 0 aromatic carbocycles. The van der Waals surface area contributed by atoms with Crippen molar-refractivity contribution in [3.8, 4) is 0 Å². The Hall–Kier alpha value is -2.11. The summed E-state index contributed by atoms with van der Waals surface area (Å²) >= 11 is 0. The standard InChI is InChI=1S/C15H23N3O3/c1-10(2)9-18(6-5-14(19)21-4)15(20)13-7-12(16)8-17-11(13)3/h7-8,10H,5-6,9,16H2,1-4H3. The highest BCUT2D eigenvalue weighted by atomic mass is 16.5. The topological polar surface area (TPSA) is 85.5 Å². The molecule has 0 spiro atoms. The number of methoxy groups -OCH3 is 1. The van der Waals surface area contributed by atoms with Gasteiger partial charge < -0.3 is 15.4 Å². The van der Waals surface area contributed by atoms with Gasteiger partial charge in [-0.25, -0.2) is 0 Å². The molecule has 0 radical (unpaired) electrons. The number of nitrogen functional groups attached to an aromatic ring is 1. The van der Waals surface area contributed by atoms with Crippen LogP contribution in [0.2, 0.25) is 0 Å². The Labute approximate surface area is 125 Å². The average molecular weight is 293 g/mol. The molecule has 0 unspecified atom stereocenters. The Kier molecular flexibility index (Phi) is 6.14. The zero-order valence-corrected chi connectivity index (χ0v) is 13.0. The molecule has 1 amide bonds. The number of anilines is 1. The van der Waals surface area contributed by atoms with Crippen LogP contribution in [0.3, 0.4) is 0 Å². The Morgan fingerprint density at radius 1 is 1.43 bits per heavy atom. The molecular formula is C15H23N3O3. The fourth-order valence-corrected chi connectivity index (χ4v) is 1.98. The zero-order valence-electron chi connectivity index (χ0n) is 13.0. The van der Waals surface area contributed by atoms with Crippen LogP contribution < -0.4 is 5.73 Å². The fraction of sp³-hybridized carbons (Fsp3) is 0.533. The second-order valence-electron chi connectivity index (χ2n) is 5.37. The molecule has 0 saturated heterocycles. The van der Waals surface area contributed by atoms with E-state index in [1.54, 1.807) is 17.9 Å². The minimum absolute atomic E-state index is 0.162. The van der Waals surface area contributed by atoms with Crippen LogP contribution in [0.25, 0.3) is 0 Å². The maximum atomic E-state index is 12.6. The smallest absolute Gasteiger partial charge is 0.307 e. The molecule has 0 aliphatic carbocycles. The maximum absolute atomic E-state index is 12.6. The molecule has 116 valence electrons. The van der Waals surface area contributed by atoms with Crippen LogP contribution in [0.1, 0.15) is 36.3 Å². The van der Waals surface area contributed by atoms with Crippen molar-refractivity contribution in [3.63, 3.8) is 0 Å². The number of esters is 1. The lowest BCUT2D eigenvalue weighted by Gasteiger charge is -2.25. The van der Waals surface area contributed by atoms with E-state index >= 15 is 0 Å². The summed E-state index contributed by atoms with van der Waals surface area (Å²) in [5, 5.41) is 0. The van der Waals surface area contributed by atoms with E-state index in [1.165, 1.54) is 13.3 Å². The van der Waals surface area contributed by atoms with Crippen molar-refractivity contribution < 1.29 is 14.3 Å². The van der Waals surface area contributed by atoms with Crippen molar-refractivity contribution in [1.29, 1.82) is 0 Å². The summed E-state index contributed by atoms with van der Waals surface area (Å²) < 4.78 is 4.62. The quantitative estimate of drug-likeness (QED) is 0.806. The van der Waals surface area contributed by atoms with Gasteiger partial charge in [0.1, 0.15) is 0 Å². The molecule has 1 heterocycles. The number of rotatable bonds is 6. The number of aryl methyl sites for hydroxylation is 1. The molecule has 0 atom stereocenters. The Morgan fingerprint density at radius 2 is 2.10 bits per heavy atom. The van der Waals surface area contributed by atoms with Crippen LogP contribution in [0.15, 0.2) is 12.3 Å². The second kappa shape index (κ2) is 7.61. The molecule has 0 bridgehead atoms. The summed E-state index contributed by atoms with van der Waals surface area (Å²) in [4.78, 5) is 29.7. The maximum Gasteiger partial charge on any atom is 0.307 e. The van der Waals surface area contributed by atoms with E-state index in [2.05, 4.69) is 9.72 Å².